The molecular weight excluding hydrogens is 256 g/mol. The summed E-state index contributed by atoms with van der Waals surface area (Å²) in [7, 11) is 1.36. The van der Waals surface area contributed by atoms with E-state index in [2.05, 4.69) is 15.0 Å². The molecule has 1 saturated heterocycles. The summed E-state index contributed by atoms with van der Waals surface area (Å²) in [5.74, 6) is 0.131. The topological polar surface area (TPSA) is 61.8 Å². The van der Waals surface area contributed by atoms with Gasteiger partial charge in [0, 0.05) is 24.7 Å². The van der Waals surface area contributed by atoms with Crippen LogP contribution < -0.4 is 10.2 Å². The molecule has 0 aromatic heterocycles. The lowest BCUT2D eigenvalue weighted by molar-refractivity contribution is 0.103. The van der Waals surface area contributed by atoms with E-state index in [9.17, 15) is 9.90 Å². The third-order valence-corrected chi connectivity index (χ3v) is 3.79. The zero-order chi connectivity index (χ0) is 14.5. The Morgan fingerprint density at radius 3 is 2.70 bits per heavy atom. The maximum absolute atomic E-state index is 11.4. The molecule has 0 aliphatic carbocycles. The normalized spacial score (nSPS) is 24.1. The molecule has 5 heteroatoms. The average Bonchev–Trinajstić information content (AvgIpc) is 2.47. The average molecular weight is 278 g/mol. The van der Waals surface area contributed by atoms with Gasteiger partial charge in [-0.15, -0.1) is 0 Å². The highest BCUT2D eigenvalue weighted by Gasteiger charge is 2.31. The molecule has 2 rings (SSSR count). The Labute approximate surface area is 119 Å². The number of hydrogen-bond donors (Lipinski definition) is 2. The largest absolute Gasteiger partial charge is 0.453 e. The molecule has 3 unspecified atom stereocenters. The van der Waals surface area contributed by atoms with E-state index in [4.69, 9.17) is 0 Å². The van der Waals surface area contributed by atoms with Gasteiger partial charge in [0.1, 0.15) is 0 Å². The molecular formula is C15H22N2O3. The molecule has 1 fully saturated rings. The molecule has 110 valence electrons. The zero-order valence-electron chi connectivity index (χ0n) is 12.0. The molecule has 1 aromatic carbocycles. The summed E-state index contributed by atoms with van der Waals surface area (Å²) in [6.45, 7) is 3.32. The second-order valence-corrected chi connectivity index (χ2v) is 5.31. The van der Waals surface area contributed by atoms with Crippen LogP contribution in [0.2, 0.25) is 0 Å². The second kappa shape index (κ2) is 6.61. The van der Waals surface area contributed by atoms with E-state index in [1.54, 1.807) is 6.92 Å². The standard InChI is InChI=1S/C15H22N2O3/c1-11(18)12-8-13(16-15(19)20-2)10-17(9-12)14-6-4-3-5-7-14/h3-7,11-13,18H,8-10H2,1-2H3,(H,16,19). The van der Waals surface area contributed by atoms with Crippen LogP contribution in [0.4, 0.5) is 10.5 Å². The van der Waals surface area contributed by atoms with Crippen LogP contribution in [0.5, 0.6) is 0 Å². The molecule has 0 radical (unpaired) electrons. The summed E-state index contributed by atoms with van der Waals surface area (Å²) in [5, 5.41) is 12.7. The number of aliphatic hydroxyl groups is 1. The number of carbonyl (C=O) groups excluding carboxylic acids is 1. The summed E-state index contributed by atoms with van der Waals surface area (Å²) < 4.78 is 4.66. The molecule has 0 bridgehead atoms. The number of anilines is 1. The first-order valence-corrected chi connectivity index (χ1v) is 6.92. The first kappa shape index (κ1) is 14.7. The Morgan fingerprint density at radius 2 is 2.10 bits per heavy atom. The fraction of sp³-hybridized carbons (Fsp3) is 0.533. The summed E-state index contributed by atoms with van der Waals surface area (Å²) in [6, 6.07) is 10.0. The van der Waals surface area contributed by atoms with Crippen molar-refractivity contribution in [3.05, 3.63) is 30.3 Å². The SMILES string of the molecule is COC(=O)NC1CC(C(C)O)CN(c2ccccc2)C1. The molecule has 20 heavy (non-hydrogen) atoms. The van der Waals surface area contributed by atoms with E-state index in [1.165, 1.54) is 7.11 Å². The van der Waals surface area contributed by atoms with Gasteiger partial charge < -0.3 is 20.1 Å². The molecule has 2 N–H and O–H groups in total. The number of carbonyl (C=O) groups is 1. The number of para-hydroxylation sites is 1. The predicted octanol–water partition coefficient (Wildman–Crippen LogP) is 1.62. The van der Waals surface area contributed by atoms with Crippen LogP contribution in [-0.2, 0) is 4.74 Å². The van der Waals surface area contributed by atoms with Crippen LogP contribution in [0.15, 0.2) is 30.3 Å². The van der Waals surface area contributed by atoms with Gasteiger partial charge in [-0.25, -0.2) is 4.79 Å². The van der Waals surface area contributed by atoms with Crippen LogP contribution in [0.1, 0.15) is 13.3 Å². The second-order valence-electron chi connectivity index (χ2n) is 5.31. The van der Waals surface area contributed by atoms with Crippen molar-refractivity contribution in [3.63, 3.8) is 0 Å². The number of piperidine rings is 1. The Balaban J connectivity index is 2.10. The van der Waals surface area contributed by atoms with E-state index in [0.29, 0.717) is 0 Å². The van der Waals surface area contributed by atoms with E-state index < -0.39 is 12.2 Å². The van der Waals surface area contributed by atoms with Crippen LogP contribution in [-0.4, -0.2) is 43.5 Å². The summed E-state index contributed by atoms with van der Waals surface area (Å²) in [6.07, 6.45) is -0.0615. The molecule has 1 aliphatic rings. The fourth-order valence-corrected chi connectivity index (χ4v) is 2.67. The quantitative estimate of drug-likeness (QED) is 0.882. The first-order chi connectivity index (χ1) is 9.60. The van der Waals surface area contributed by atoms with Gasteiger partial charge in [0.05, 0.1) is 19.3 Å². The smallest absolute Gasteiger partial charge is 0.407 e. The number of benzene rings is 1. The summed E-state index contributed by atoms with van der Waals surface area (Å²) in [4.78, 5) is 13.6. The van der Waals surface area contributed by atoms with E-state index in [0.717, 1.165) is 25.2 Å². The highest BCUT2D eigenvalue weighted by atomic mass is 16.5. The number of amides is 1. The molecule has 1 heterocycles. The molecule has 1 aliphatic heterocycles. The Morgan fingerprint density at radius 1 is 1.40 bits per heavy atom. The van der Waals surface area contributed by atoms with Crippen molar-refractivity contribution < 1.29 is 14.6 Å². The lowest BCUT2D eigenvalue weighted by Gasteiger charge is -2.40. The van der Waals surface area contributed by atoms with Crippen LogP contribution in [0.25, 0.3) is 0 Å². The Bertz CT molecular complexity index is 436. The molecule has 0 spiro atoms. The van der Waals surface area contributed by atoms with Gasteiger partial charge >= 0.3 is 6.09 Å². The highest BCUT2D eigenvalue weighted by Crippen LogP contribution is 2.25. The lowest BCUT2D eigenvalue weighted by Crippen LogP contribution is -2.52. The van der Waals surface area contributed by atoms with Crippen molar-refractivity contribution in [2.24, 2.45) is 5.92 Å². The number of nitrogens with one attached hydrogen (secondary N) is 1. The molecule has 1 aromatic rings. The van der Waals surface area contributed by atoms with Gasteiger partial charge in [-0.05, 0) is 25.5 Å². The van der Waals surface area contributed by atoms with Crippen LogP contribution in [0.3, 0.4) is 0 Å². The van der Waals surface area contributed by atoms with Crippen LogP contribution >= 0.6 is 0 Å². The van der Waals surface area contributed by atoms with Crippen molar-refractivity contribution in [2.75, 3.05) is 25.1 Å². The highest BCUT2D eigenvalue weighted by molar-refractivity contribution is 5.67. The number of nitrogens with zero attached hydrogens (tertiary/aromatic N) is 1. The van der Waals surface area contributed by atoms with Gasteiger partial charge in [-0.2, -0.15) is 0 Å². The number of ether oxygens (including phenoxy) is 1. The van der Waals surface area contributed by atoms with Gasteiger partial charge in [-0.1, -0.05) is 18.2 Å². The number of hydrogen-bond acceptors (Lipinski definition) is 4. The maximum atomic E-state index is 11.4. The van der Waals surface area contributed by atoms with Crippen molar-refractivity contribution in [1.29, 1.82) is 0 Å². The monoisotopic (exact) mass is 278 g/mol. The van der Waals surface area contributed by atoms with Crippen LogP contribution in [0, 0.1) is 5.92 Å². The first-order valence-electron chi connectivity index (χ1n) is 6.92. The summed E-state index contributed by atoms with van der Waals surface area (Å²) in [5.41, 5.74) is 1.11. The van der Waals surface area contributed by atoms with E-state index >= 15 is 0 Å². The minimum absolute atomic E-state index is 0.0176. The van der Waals surface area contributed by atoms with Crippen molar-refractivity contribution in [1.82, 2.24) is 5.32 Å². The molecule has 3 atom stereocenters. The van der Waals surface area contributed by atoms with Crippen molar-refractivity contribution in [3.8, 4) is 0 Å². The van der Waals surface area contributed by atoms with E-state index in [1.807, 2.05) is 30.3 Å². The van der Waals surface area contributed by atoms with Crippen molar-refractivity contribution >= 4 is 11.8 Å². The minimum Gasteiger partial charge on any atom is -0.453 e. The summed E-state index contributed by atoms with van der Waals surface area (Å²) >= 11 is 0. The van der Waals surface area contributed by atoms with Gasteiger partial charge in [0.15, 0.2) is 0 Å². The number of alkyl carbamates (subject to hydrolysis) is 1. The number of aliphatic hydroxyl groups excluding tert-OH is 1. The number of methoxy groups -OCH3 is 1. The van der Waals surface area contributed by atoms with Crippen molar-refractivity contribution in [2.45, 2.75) is 25.5 Å². The minimum atomic E-state index is -0.422. The van der Waals surface area contributed by atoms with Gasteiger partial charge in [0.25, 0.3) is 0 Å². The Hall–Kier alpha value is -1.75. The third-order valence-electron chi connectivity index (χ3n) is 3.79. The van der Waals surface area contributed by atoms with E-state index in [-0.39, 0.29) is 12.0 Å². The molecule has 1 amide bonds. The zero-order valence-corrected chi connectivity index (χ0v) is 12.0. The third kappa shape index (κ3) is 3.63. The lowest BCUT2D eigenvalue weighted by atomic mass is 9.90. The predicted molar refractivity (Wildman–Crippen MR) is 77.8 cm³/mol. The maximum Gasteiger partial charge on any atom is 0.407 e. The number of rotatable bonds is 3. The fourth-order valence-electron chi connectivity index (χ4n) is 2.67. The van der Waals surface area contributed by atoms with Gasteiger partial charge in [0.2, 0.25) is 0 Å². The van der Waals surface area contributed by atoms with Gasteiger partial charge in [-0.3, -0.25) is 0 Å². The Kier molecular flexibility index (Phi) is 4.84. The molecule has 0 saturated carbocycles. The molecule has 5 nitrogen and oxygen atoms in total.